The minimum atomic E-state index is -4.04. The lowest BCUT2D eigenvalue weighted by Gasteiger charge is -2.24. The van der Waals surface area contributed by atoms with Gasteiger partial charge in [0.1, 0.15) is 5.60 Å². The van der Waals surface area contributed by atoms with E-state index in [9.17, 15) is 21.6 Å². The molecule has 0 radical (unpaired) electrons. The molecule has 1 heterocycles. The van der Waals surface area contributed by atoms with Crippen LogP contribution in [0.2, 0.25) is 0 Å². The van der Waals surface area contributed by atoms with Crippen LogP contribution in [0.4, 0.5) is 4.79 Å². The number of aryl methyl sites for hydroxylation is 2. The number of hydrogen-bond acceptors (Lipinski definition) is 8. The van der Waals surface area contributed by atoms with Crippen LogP contribution in [0, 0.1) is 25.7 Å². The summed E-state index contributed by atoms with van der Waals surface area (Å²) in [5.74, 6) is -0.989. The minimum absolute atomic E-state index is 0.0184. The van der Waals surface area contributed by atoms with Gasteiger partial charge in [-0.15, -0.1) is 0 Å². The maximum absolute atomic E-state index is 12.7. The predicted octanol–water partition coefficient (Wildman–Crippen LogP) is 3.90. The Kier molecular flexibility index (Phi) is 8.49. The molecule has 2 aromatic carbocycles. The van der Waals surface area contributed by atoms with E-state index in [0.29, 0.717) is 0 Å². The Bertz CT molecular complexity index is 1180. The summed E-state index contributed by atoms with van der Waals surface area (Å²) >= 11 is 0. The number of carbonyl (C=O) groups excluding carboxylic acids is 1. The number of amides is 1. The largest absolute Gasteiger partial charge is 0.444 e. The van der Waals surface area contributed by atoms with E-state index in [1.54, 1.807) is 45.0 Å². The molecule has 0 unspecified atom stereocenters. The monoisotopic (exact) mass is 539 g/mol. The van der Waals surface area contributed by atoms with Crippen molar-refractivity contribution in [2.75, 3.05) is 26.3 Å². The van der Waals surface area contributed by atoms with Crippen molar-refractivity contribution >= 4 is 26.3 Å². The van der Waals surface area contributed by atoms with Crippen molar-refractivity contribution in [3.05, 3.63) is 59.7 Å². The third-order valence-electron chi connectivity index (χ3n) is 5.72. The molecule has 0 spiro atoms. The van der Waals surface area contributed by atoms with Crippen LogP contribution in [-0.4, -0.2) is 59.7 Å². The summed E-state index contributed by atoms with van der Waals surface area (Å²) in [6.45, 7) is 8.70. The lowest BCUT2D eigenvalue weighted by atomic mass is 9.98. The van der Waals surface area contributed by atoms with Gasteiger partial charge >= 0.3 is 6.09 Å². The molecule has 198 valence electrons. The van der Waals surface area contributed by atoms with Crippen molar-refractivity contribution in [3.8, 4) is 0 Å². The summed E-state index contributed by atoms with van der Waals surface area (Å²) in [5.41, 5.74) is 1.09. The molecule has 1 aliphatic rings. The number of hydrogen-bond donors (Lipinski definition) is 0. The fourth-order valence-corrected chi connectivity index (χ4v) is 5.61. The highest BCUT2D eigenvalue weighted by Crippen LogP contribution is 2.28. The van der Waals surface area contributed by atoms with E-state index in [1.165, 1.54) is 29.2 Å². The first kappa shape index (κ1) is 28.1. The van der Waals surface area contributed by atoms with Crippen LogP contribution in [0.25, 0.3) is 0 Å². The first-order valence-electron chi connectivity index (χ1n) is 11.6. The third kappa shape index (κ3) is 7.52. The van der Waals surface area contributed by atoms with Crippen LogP contribution in [-0.2, 0) is 33.3 Å². The van der Waals surface area contributed by atoms with E-state index >= 15 is 0 Å². The van der Waals surface area contributed by atoms with Gasteiger partial charge < -0.3 is 9.64 Å². The summed E-state index contributed by atoms with van der Waals surface area (Å²) in [5, 5.41) is 0. The Balaban J connectivity index is 1.74. The topological polar surface area (TPSA) is 116 Å². The zero-order valence-electron chi connectivity index (χ0n) is 21.1. The Morgan fingerprint density at radius 1 is 0.778 bits per heavy atom. The summed E-state index contributed by atoms with van der Waals surface area (Å²) in [6.07, 6.45) is -0.571. The molecule has 3 rings (SSSR count). The molecule has 1 amide bonds. The summed E-state index contributed by atoms with van der Waals surface area (Å²) in [7, 11) is -8.08. The molecule has 0 N–H and O–H groups in total. The van der Waals surface area contributed by atoms with Crippen molar-refractivity contribution in [3.63, 3.8) is 0 Å². The van der Waals surface area contributed by atoms with Gasteiger partial charge in [-0.3, -0.25) is 8.37 Å². The number of carbonyl (C=O) groups is 1. The molecular formula is C25H33NO8S2. The highest BCUT2D eigenvalue weighted by atomic mass is 32.2. The van der Waals surface area contributed by atoms with Crippen molar-refractivity contribution in [2.45, 2.75) is 50.0 Å². The van der Waals surface area contributed by atoms with Crippen molar-refractivity contribution < 1.29 is 34.7 Å². The first-order valence-corrected chi connectivity index (χ1v) is 14.4. The number of nitrogens with zero attached hydrogens (tertiary/aromatic N) is 1. The number of benzene rings is 2. The molecule has 9 nitrogen and oxygen atoms in total. The smallest absolute Gasteiger partial charge is 0.410 e. The average Bonchev–Trinajstić information content (AvgIpc) is 3.19. The van der Waals surface area contributed by atoms with E-state index in [-0.39, 0.29) is 36.1 Å². The second kappa shape index (κ2) is 10.9. The van der Waals surface area contributed by atoms with E-state index in [1.807, 2.05) is 13.8 Å². The summed E-state index contributed by atoms with van der Waals surface area (Å²) < 4.78 is 66.8. The van der Waals surface area contributed by atoms with Crippen LogP contribution >= 0.6 is 0 Å². The molecule has 1 saturated heterocycles. The summed E-state index contributed by atoms with van der Waals surface area (Å²) in [6, 6.07) is 12.5. The van der Waals surface area contributed by atoms with Gasteiger partial charge in [0.15, 0.2) is 0 Å². The SMILES string of the molecule is Cc1ccc(S(=O)(=O)OC[C@@H]2CN(C(=O)OC(C)(C)C)C[C@H]2COS(=O)(=O)c2ccc(C)cc2)cc1. The fourth-order valence-electron chi connectivity index (χ4n) is 3.69. The maximum Gasteiger partial charge on any atom is 0.410 e. The van der Waals surface area contributed by atoms with Gasteiger partial charge in [0, 0.05) is 24.9 Å². The zero-order chi connectivity index (χ0) is 26.7. The first-order chi connectivity index (χ1) is 16.7. The minimum Gasteiger partial charge on any atom is -0.444 e. The molecule has 2 atom stereocenters. The van der Waals surface area contributed by atoms with Gasteiger partial charge in [-0.1, -0.05) is 35.4 Å². The van der Waals surface area contributed by atoms with Crippen LogP contribution in [0.3, 0.4) is 0 Å². The van der Waals surface area contributed by atoms with Crippen molar-refractivity contribution in [1.82, 2.24) is 4.90 Å². The van der Waals surface area contributed by atoms with Gasteiger partial charge in [-0.2, -0.15) is 16.8 Å². The van der Waals surface area contributed by atoms with E-state index in [2.05, 4.69) is 0 Å². The third-order valence-corrected chi connectivity index (χ3v) is 8.31. The molecule has 0 bridgehead atoms. The van der Waals surface area contributed by atoms with E-state index < -0.39 is 43.8 Å². The highest BCUT2D eigenvalue weighted by Gasteiger charge is 2.39. The Morgan fingerprint density at radius 3 is 1.47 bits per heavy atom. The predicted molar refractivity (Wildman–Crippen MR) is 133 cm³/mol. The second-order valence-corrected chi connectivity index (χ2v) is 13.2. The lowest BCUT2D eigenvalue weighted by molar-refractivity contribution is 0.0280. The normalized spacial score (nSPS) is 18.9. The molecule has 0 aliphatic carbocycles. The summed E-state index contributed by atoms with van der Waals surface area (Å²) in [4.78, 5) is 14.1. The van der Waals surface area contributed by atoms with Crippen LogP contribution < -0.4 is 0 Å². The fraction of sp³-hybridized carbons (Fsp3) is 0.480. The number of ether oxygens (including phenoxy) is 1. The molecule has 36 heavy (non-hydrogen) atoms. The number of likely N-dealkylation sites (tertiary alicyclic amines) is 1. The van der Waals surface area contributed by atoms with Gasteiger partial charge in [0.2, 0.25) is 0 Å². The molecule has 0 aromatic heterocycles. The van der Waals surface area contributed by atoms with Gasteiger partial charge in [0.05, 0.1) is 23.0 Å². The Hall–Kier alpha value is -2.47. The maximum atomic E-state index is 12.7. The molecule has 1 fully saturated rings. The molecule has 0 saturated carbocycles. The van der Waals surface area contributed by atoms with Gasteiger partial charge in [-0.05, 0) is 58.9 Å². The highest BCUT2D eigenvalue weighted by molar-refractivity contribution is 7.87. The standard InChI is InChI=1S/C25H33NO8S2/c1-18-6-10-22(11-7-18)35(28,29)32-16-20-14-26(24(27)34-25(3,4)5)15-21(20)17-33-36(30,31)23-12-8-19(2)9-13-23/h6-13,20-21H,14-17H2,1-5H3/t20-,21-/m0/s1. The molecule has 2 aromatic rings. The molecular weight excluding hydrogens is 506 g/mol. The van der Waals surface area contributed by atoms with Crippen LogP contribution in [0.15, 0.2) is 58.3 Å². The van der Waals surface area contributed by atoms with E-state index in [0.717, 1.165) is 11.1 Å². The average molecular weight is 540 g/mol. The Labute approximate surface area is 213 Å². The van der Waals surface area contributed by atoms with Crippen molar-refractivity contribution in [1.29, 1.82) is 0 Å². The van der Waals surface area contributed by atoms with Crippen LogP contribution in [0.1, 0.15) is 31.9 Å². The van der Waals surface area contributed by atoms with Crippen LogP contribution in [0.5, 0.6) is 0 Å². The second-order valence-electron chi connectivity index (χ2n) is 10.0. The van der Waals surface area contributed by atoms with Gasteiger partial charge in [-0.25, -0.2) is 4.79 Å². The zero-order valence-corrected chi connectivity index (χ0v) is 22.8. The lowest BCUT2D eigenvalue weighted by Crippen LogP contribution is -2.36. The van der Waals surface area contributed by atoms with Gasteiger partial charge in [0.25, 0.3) is 20.2 Å². The molecule has 11 heteroatoms. The Morgan fingerprint density at radius 2 is 1.14 bits per heavy atom. The number of rotatable bonds is 8. The molecule has 1 aliphatic heterocycles. The van der Waals surface area contributed by atoms with Crippen molar-refractivity contribution in [2.24, 2.45) is 11.8 Å². The quantitative estimate of drug-likeness (QED) is 0.464. The van der Waals surface area contributed by atoms with E-state index in [4.69, 9.17) is 13.1 Å².